The molecule has 7 heteroatoms. The third-order valence-electron chi connectivity index (χ3n) is 2.20. The third-order valence-corrected chi connectivity index (χ3v) is 2.20. The summed E-state index contributed by atoms with van der Waals surface area (Å²) in [5.41, 5.74) is 0.253. The van der Waals surface area contributed by atoms with Gasteiger partial charge in [0.2, 0.25) is 0 Å². The zero-order valence-electron chi connectivity index (χ0n) is 10.8. The molecular weight excluding hydrogens is 252 g/mol. The van der Waals surface area contributed by atoms with Gasteiger partial charge in [-0.2, -0.15) is 0 Å². The highest BCUT2D eigenvalue weighted by molar-refractivity contribution is 5.97. The van der Waals surface area contributed by atoms with E-state index in [1.54, 1.807) is 6.92 Å². The lowest BCUT2D eigenvalue weighted by atomic mass is 10.3. The van der Waals surface area contributed by atoms with Crippen molar-refractivity contribution in [2.45, 2.75) is 20.3 Å². The highest BCUT2D eigenvalue weighted by atomic mass is 16.5. The lowest BCUT2D eigenvalue weighted by molar-refractivity contribution is -0.123. The molecule has 0 unspecified atom stereocenters. The van der Waals surface area contributed by atoms with Gasteiger partial charge in [-0.1, -0.05) is 6.92 Å². The molecule has 0 aliphatic heterocycles. The molecular formula is C12H16N2O5. The number of esters is 1. The quantitative estimate of drug-likeness (QED) is 0.776. The Hall–Kier alpha value is -2.31. The van der Waals surface area contributed by atoms with Gasteiger partial charge in [-0.3, -0.25) is 10.1 Å². The molecule has 0 aromatic carbocycles. The zero-order valence-corrected chi connectivity index (χ0v) is 10.8. The highest BCUT2D eigenvalue weighted by Gasteiger charge is 2.15. The van der Waals surface area contributed by atoms with Crippen LogP contribution in [0.3, 0.4) is 0 Å². The predicted molar refractivity (Wildman–Crippen MR) is 65.6 cm³/mol. The van der Waals surface area contributed by atoms with Gasteiger partial charge in [-0.05, 0) is 19.4 Å². The van der Waals surface area contributed by atoms with Crippen molar-refractivity contribution in [1.82, 2.24) is 10.6 Å². The van der Waals surface area contributed by atoms with Gasteiger partial charge in [-0.25, -0.2) is 9.59 Å². The minimum atomic E-state index is -0.692. The van der Waals surface area contributed by atoms with Crippen LogP contribution in [0.5, 0.6) is 0 Å². The summed E-state index contributed by atoms with van der Waals surface area (Å²) < 4.78 is 9.68. The van der Waals surface area contributed by atoms with E-state index in [1.165, 1.54) is 12.3 Å². The van der Waals surface area contributed by atoms with E-state index < -0.39 is 24.5 Å². The fourth-order valence-corrected chi connectivity index (χ4v) is 1.25. The first kappa shape index (κ1) is 14.7. The summed E-state index contributed by atoms with van der Waals surface area (Å²) >= 11 is 0. The van der Waals surface area contributed by atoms with Crippen molar-refractivity contribution in [2.75, 3.05) is 13.2 Å². The fraction of sp³-hybridized carbons (Fsp3) is 0.417. The van der Waals surface area contributed by atoms with Crippen LogP contribution in [-0.4, -0.2) is 31.1 Å². The van der Waals surface area contributed by atoms with Crippen molar-refractivity contribution in [1.29, 1.82) is 0 Å². The lowest BCUT2D eigenvalue weighted by Crippen LogP contribution is -2.41. The molecule has 0 spiro atoms. The molecule has 1 heterocycles. The maximum absolute atomic E-state index is 11.5. The molecule has 1 rings (SSSR count). The highest BCUT2D eigenvalue weighted by Crippen LogP contribution is 2.09. The number of aryl methyl sites for hydroxylation is 1. The molecule has 3 amide bonds. The van der Waals surface area contributed by atoms with Crippen LogP contribution in [0.2, 0.25) is 0 Å². The van der Waals surface area contributed by atoms with Crippen molar-refractivity contribution in [2.24, 2.45) is 0 Å². The van der Waals surface area contributed by atoms with Gasteiger partial charge >= 0.3 is 12.0 Å². The van der Waals surface area contributed by atoms with Crippen LogP contribution in [-0.2, 0) is 9.53 Å². The topological polar surface area (TPSA) is 97.6 Å². The Balaban J connectivity index is 2.33. The van der Waals surface area contributed by atoms with Gasteiger partial charge in [0.05, 0.1) is 6.26 Å². The van der Waals surface area contributed by atoms with E-state index in [9.17, 15) is 14.4 Å². The van der Waals surface area contributed by atoms with E-state index in [0.29, 0.717) is 12.3 Å². The first-order valence-electron chi connectivity index (χ1n) is 5.83. The van der Waals surface area contributed by atoms with E-state index in [0.717, 1.165) is 6.42 Å². The number of furan rings is 1. The number of imide groups is 1. The van der Waals surface area contributed by atoms with Crippen LogP contribution in [0.25, 0.3) is 0 Å². The Bertz CT molecular complexity index is 466. The van der Waals surface area contributed by atoms with Crippen LogP contribution in [0, 0.1) is 6.92 Å². The van der Waals surface area contributed by atoms with Crippen molar-refractivity contribution in [3.8, 4) is 0 Å². The molecule has 0 bridgehead atoms. The summed E-state index contributed by atoms with van der Waals surface area (Å²) in [4.78, 5) is 34.0. The number of amides is 3. The number of carbonyl (C=O) groups excluding carboxylic acids is 3. The van der Waals surface area contributed by atoms with Gasteiger partial charge in [0.25, 0.3) is 5.91 Å². The molecule has 104 valence electrons. The monoisotopic (exact) mass is 268 g/mol. The summed E-state index contributed by atoms with van der Waals surface area (Å²) in [5.74, 6) is -0.954. The first-order chi connectivity index (χ1) is 9.04. The van der Waals surface area contributed by atoms with E-state index in [2.05, 4.69) is 5.32 Å². The number of carbonyl (C=O) groups is 3. The molecule has 1 aromatic rings. The average molecular weight is 268 g/mol. The number of rotatable bonds is 5. The van der Waals surface area contributed by atoms with Crippen molar-refractivity contribution < 1.29 is 23.5 Å². The second-order valence-corrected chi connectivity index (χ2v) is 3.77. The Morgan fingerprint density at radius 1 is 1.37 bits per heavy atom. The zero-order chi connectivity index (χ0) is 14.3. The van der Waals surface area contributed by atoms with Crippen molar-refractivity contribution >= 4 is 17.9 Å². The summed E-state index contributed by atoms with van der Waals surface area (Å²) in [6, 6.07) is 0.839. The molecule has 0 fully saturated rings. The number of nitrogens with one attached hydrogen (secondary N) is 2. The maximum Gasteiger partial charge on any atom is 0.342 e. The van der Waals surface area contributed by atoms with Crippen LogP contribution in [0.15, 0.2) is 16.7 Å². The molecule has 0 saturated carbocycles. The Kier molecular flexibility index (Phi) is 5.59. The van der Waals surface area contributed by atoms with Crippen LogP contribution >= 0.6 is 0 Å². The molecule has 0 aliphatic rings. The van der Waals surface area contributed by atoms with Gasteiger partial charge in [-0.15, -0.1) is 0 Å². The Morgan fingerprint density at radius 2 is 2.11 bits per heavy atom. The van der Waals surface area contributed by atoms with E-state index in [4.69, 9.17) is 9.15 Å². The van der Waals surface area contributed by atoms with Gasteiger partial charge < -0.3 is 14.5 Å². The lowest BCUT2D eigenvalue weighted by Gasteiger charge is -2.06. The Labute approximate surface area is 110 Å². The van der Waals surface area contributed by atoms with Crippen molar-refractivity contribution in [3.63, 3.8) is 0 Å². The third kappa shape index (κ3) is 4.82. The molecule has 0 aliphatic carbocycles. The molecule has 0 atom stereocenters. The SMILES string of the molecule is CCCNC(=O)NC(=O)COC(=O)c1ccoc1C. The standard InChI is InChI=1S/C12H16N2O5/c1-3-5-13-12(17)14-10(15)7-19-11(16)9-4-6-18-8(9)2/h4,6H,3,5,7H2,1-2H3,(H2,13,14,15,17). The van der Waals surface area contributed by atoms with Crippen LogP contribution < -0.4 is 10.6 Å². The second-order valence-electron chi connectivity index (χ2n) is 3.77. The fourth-order valence-electron chi connectivity index (χ4n) is 1.25. The Morgan fingerprint density at radius 3 is 2.68 bits per heavy atom. The number of urea groups is 1. The summed E-state index contributed by atoms with van der Waals surface area (Å²) in [6.07, 6.45) is 2.11. The van der Waals surface area contributed by atoms with E-state index in [1.807, 2.05) is 12.2 Å². The summed E-state index contributed by atoms with van der Waals surface area (Å²) in [5, 5.41) is 4.50. The minimum Gasteiger partial charge on any atom is -0.469 e. The molecule has 7 nitrogen and oxygen atoms in total. The van der Waals surface area contributed by atoms with Gasteiger partial charge in [0, 0.05) is 6.54 Å². The number of ether oxygens (including phenoxy) is 1. The van der Waals surface area contributed by atoms with Crippen LogP contribution in [0.1, 0.15) is 29.5 Å². The minimum absolute atomic E-state index is 0.253. The number of hydrogen-bond acceptors (Lipinski definition) is 5. The first-order valence-corrected chi connectivity index (χ1v) is 5.83. The van der Waals surface area contributed by atoms with E-state index >= 15 is 0 Å². The molecule has 0 radical (unpaired) electrons. The van der Waals surface area contributed by atoms with Crippen LogP contribution in [0.4, 0.5) is 4.79 Å². The number of hydrogen-bond donors (Lipinski definition) is 2. The normalized spacial score (nSPS) is 9.79. The summed E-state index contributed by atoms with van der Waals surface area (Å²) in [7, 11) is 0. The maximum atomic E-state index is 11.5. The van der Waals surface area contributed by atoms with Gasteiger partial charge in [0.1, 0.15) is 11.3 Å². The summed E-state index contributed by atoms with van der Waals surface area (Å²) in [6.45, 7) is 3.43. The average Bonchev–Trinajstić information content (AvgIpc) is 2.79. The molecule has 0 saturated heterocycles. The second kappa shape index (κ2) is 7.20. The predicted octanol–water partition coefficient (Wildman–Crippen LogP) is 0.981. The van der Waals surface area contributed by atoms with Gasteiger partial charge in [0.15, 0.2) is 6.61 Å². The van der Waals surface area contributed by atoms with Crippen molar-refractivity contribution in [3.05, 3.63) is 23.7 Å². The largest absolute Gasteiger partial charge is 0.469 e. The molecule has 19 heavy (non-hydrogen) atoms. The smallest absolute Gasteiger partial charge is 0.342 e. The molecule has 1 aromatic heterocycles. The van der Waals surface area contributed by atoms with E-state index in [-0.39, 0.29) is 5.56 Å². The molecule has 2 N–H and O–H groups in total.